The lowest BCUT2D eigenvalue weighted by Crippen LogP contribution is -2.34. The maximum absolute atomic E-state index is 11.7. The van der Waals surface area contributed by atoms with Gasteiger partial charge in [0, 0.05) is 12.6 Å². The zero-order chi connectivity index (χ0) is 13.6. The van der Waals surface area contributed by atoms with Crippen LogP contribution < -0.4 is 11.2 Å². The average Bonchev–Trinajstić information content (AvgIpc) is 3.13. The molecule has 0 amide bonds. The van der Waals surface area contributed by atoms with E-state index in [1.54, 1.807) is 0 Å². The minimum Gasteiger partial charge on any atom is -0.394 e. The van der Waals surface area contributed by atoms with Crippen molar-refractivity contribution >= 4 is 0 Å². The minimum atomic E-state index is -0.854. The number of ether oxygens (including phenoxy) is 1. The quantitative estimate of drug-likeness (QED) is 0.623. The summed E-state index contributed by atoms with van der Waals surface area (Å²) < 4.78 is 6.54. The highest BCUT2D eigenvalue weighted by Gasteiger charge is 2.35. The fraction of sp³-hybridized carbons (Fsp3) is 0.600. The topological polar surface area (TPSA) is 129 Å². The molecule has 2 aliphatic heterocycles. The first kappa shape index (κ1) is 12.2. The van der Waals surface area contributed by atoms with E-state index < -0.39 is 35.9 Å². The normalized spacial score (nSPS) is 29.9. The molecule has 0 aromatic carbocycles. The minimum absolute atomic E-state index is 0.162. The van der Waals surface area contributed by atoms with E-state index in [0.717, 1.165) is 0 Å². The molecule has 0 bridgehead atoms. The summed E-state index contributed by atoms with van der Waals surface area (Å²) in [6.45, 7) is -0.337. The molecule has 0 radical (unpaired) electrons. The Hall–Kier alpha value is -1.84. The monoisotopic (exact) mass is 268 g/mol. The van der Waals surface area contributed by atoms with E-state index in [4.69, 9.17) is 9.84 Å². The third kappa shape index (κ3) is 2.11. The van der Waals surface area contributed by atoms with Crippen LogP contribution in [0.5, 0.6) is 0 Å². The number of H-pyrrole nitrogens is 1. The van der Waals surface area contributed by atoms with Crippen LogP contribution in [0.1, 0.15) is 24.4 Å². The Balaban J connectivity index is 1.95. The molecule has 1 aromatic heterocycles. The molecule has 19 heavy (non-hydrogen) atoms. The predicted molar refractivity (Wildman–Crippen MR) is 60.5 cm³/mol. The van der Waals surface area contributed by atoms with Crippen LogP contribution in [-0.2, 0) is 4.74 Å². The number of nitrogens with one attached hydrogen (secondary N) is 1. The van der Waals surface area contributed by atoms with Crippen molar-refractivity contribution in [2.45, 2.75) is 31.0 Å². The number of hydrogen-bond acceptors (Lipinski definition) is 7. The van der Waals surface area contributed by atoms with Crippen molar-refractivity contribution in [3.63, 3.8) is 0 Å². The van der Waals surface area contributed by atoms with Crippen LogP contribution in [-0.4, -0.2) is 38.6 Å². The van der Waals surface area contributed by atoms with Gasteiger partial charge in [0.05, 0.1) is 18.3 Å². The molecule has 9 heteroatoms. The number of hydrogen-bond donors (Lipinski definition) is 3. The van der Waals surface area contributed by atoms with Gasteiger partial charge in [-0.15, -0.1) is 0 Å². The first-order valence-electron chi connectivity index (χ1n) is 5.80. The van der Waals surface area contributed by atoms with E-state index in [0.29, 0.717) is 0 Å². The molecule has 9 nitrogen and oxygen atoms in total. The smallest absolute Gasteiger partial charge is 0.330 e. The summed E-state index contributed by atoms with van der Waals surface area (Å²) in [5, 5.41) is 25.9. The number of aromatic nitrogens is 2. The first-order chi connectivity index (χ1) is 9.10. The summed E-state index contributed by atoms with van der Waals surface area (Å²) in [5.74, 6) is 0. The molecule has 0 unspecified atom stereocenters. The number of aliphatic hydroxyl groups is 2. The van der Waals surface area contributed by atoms with E-state index in [1.807, 2.05) is 0 Å². The highest BCUT2D eigenvalue weighted by atomic mass is 16.5. The second kappa shape index (κ2) is 4.37. The van der Waals surface area contributed by atoms with E-state index >= 15 is 0 Å². The maximum atomic E-state index is 11.7. The third-order valence-corrected chi connectivity index (χ3v) is 3.20. The van der Waals surface area contributed by atoms with Gasteiger partial charge in [0.2, 0.25) is 6.17 Å². The summed E-state index contributed by atoms with van der Waals surface area (Å²) >= 11 is 0. The summed E-state index contributed by atoms with van der Waals surface area (Å²) in [6.07, 6.45) is -1.35. The van der Waals surface area contributed by atoms with Crippen molar-refractivity contribution in [1.82, 2.24) is 9.55 Å². The van der Waals surface area contributed by atoms with Gasteiger partial charge in [-0.2, -0.15) is 10.2 Å². The molecule has 1 fully saturated rings. The first-order valence-corrected chi connectivity index (χ1v) is 5.80. The summed E-state index contributed by atoms with van der Waals surface area (Å²) in [7, 11) is 0. The summed E-state index contributed by atoms with van der Waals surface area (Å²) in [6, 6.07) is 0. The van der Waals surface area contributed by atoms with Crippen LogP contribution in [0.3, 0.4) is 0 Å². The van der Waals surface area contributed by atoms with Gasteiger partial charge in [-0.25, -0.2) is 4.79 Å². The van der Waals surface area contributed by atoms with E-state index in [-0.39, 0.29) is 18.6 Å². The van der Waals surface area contributed by atoms with Crippen LogP contribution in [0, 0.1) is 0 Å². The number of aliphatic hydroxyl groups excluding tert-OH is 2. The molecule has 0 aliphatic carbocycles. The van der Waals surface area contributed by atoms with Gasteiger partial charge in [-0.3, -0.25) is 14.3 Å². The second-order valence-electron chi connectivity index (χ2n) is 4.47. The van der Waals surface area contributed by atoms with Gasteiger partial charge in [-0.05, 0) is 0 Å². The summed E-state index contributed by atoms with van der Waals surface area (Å²) in [4.78, 5) is 25.5. The Bertz CT molecular complexity index is 630. The van der Waals surface area contributed by atoms with Crippen molar-refractivity contribution in [1.29, 1.82) is 0 Å². The highest BCUT2D eigenvalue weighted by Crippen LogP contribution is 2.30. The highest BCUT2D eigenvalue weighted by molar-refractivity contribution is 5.13. The molecular formula is C10H12N4O5. The van der Waals surface area contributed by atoms with Gasteiger partial charge in [0.25, 0.3) is 5.56 Å². The van der Waals surface area contributed by atoms with E-state index in [2.05, 4.69) is 15.2 Å². The lowest BCUT2D eigenvalue weighted by atomic mass is 10.2. The van der Waals surface area contributed by atoms with Crippen LogP contribution >= 0.6 is 0 Å². The lowest BCUT2D eigenvalue weighted by Gasteiger charge is -2.14. The van der Waals surface area contributed by atoms with Gasteiger partial charge in [0.1, 0.15) is 12.3 Å². The Morgan fingerprint density at radius 1 is 1.47 bits per heavy atom. The number of aromatic amines is 1. The molecule has 3 atom stereocenters. The van der Waals surface area contributed by atoms with Crippen molar-refractivity contribution < 1.29 is 14.9 Å². The van der Waals surface area contributed by atoms with Crippen molar-refractivity contribution in [3.8, 4) is 0 Å². The zero-order valence-electron chi connectivity index (χ0n) is 9.76. The van der Waals surface area contributed by atoms with Crippen molar-refractivity contribution in [2.75, 3.05) is 6.61 Å². The maximum Gasteiger partial charge on any atom is 0.330 e. The van der Waals surface area contributed by atoms with Crippen molar-refractivity contribution in [3.05, 3.63) is 32.6 Å². The van der Waals surface area contributed by atoms with Crippen LogP contribution in [0.4, 0.5) is 0 Å². The van der Waals surface area contributed by atoms with Crippen LogP contribution in [0.25, 0.3) is 0 Å². The fourth-order valence-corrected chi connectivity index (χ4v) is 2.11. The molecular weight excluding hydrogens is 256 g/mol. The summed E-state index contributed by atoms with van der Waals surface area (Å²) in [5.41, 5.74) is -0.913. The molecule has 0 saturated carbocycles. The molecule has 3 N–H and O–H groups in total. The fourth-order valence-electron chi connectivity index (χ4n) is 2.11. The Kier molecular flexibility index (Phi) is 2.81. The van der Waals surface area contributed by atoms with E-state index in [1.165, 1.54) is 10.8 Å². The Labute approximate surface area is 106 Å². The number of nitrogens with zero attached hydrogens (tertiary/aromatic N) is 3. The SMILES string of the molecule is O=c1[nH]c(=O)n([C@H]2C[C@H](O)[C@@H](CO)O2)cc1C1N=N1. The molecule has 0 spiro atoms. The molecule has 102 valence electrons. The molecule has 3 rings (SSSR count). The Morgan fingerprint density at radius 3 is 2.79 bits per heavy atom. The van der Waals surface area contributed by atoms with Gasteiger partial charge >= 0.3 is 5.69 Å². The molecule has 2 aliphatic rings. The van der Waals surface area contributed by atoms with Crippen LogP contribution in [0.15, 0.2) is 26.0 Å². The van der Waals surface area contributed by atoms with Crippen LogP contribution in [0.2, 0.25) is 0 Å². The second-order valence-corrected chi connectivity index (χ2v) is 4.47. The number of rotatable bonds is 3. The van der Waals surface area contributed by atoms with Gasteiger partial charge in [-0.1, -0.05) is 0 Å². The van der Waals surface area contributed by atoms with Gasteiger partial charge < -0.3 is 14.9 Å². The molecule has 1 saturated heterocycles. The average molecular weight is 268 g/mol. The lowest BCUT2D eigenvalue weighted by molar-refractivity contribution is -0.0460. The third-order valence-electron chi connectivity index (χ3n) is 3.20. The molecule has 1 aromatic rings. The predicted octanol–water partition coefficient (Wildman–Crippen LogP) is -1.36. The largest absolute Gasteiger partial charge is 0.394 e. The van der Waals surface area contributed by atoms with E-state index in [9.17, 15) is 14.7 Å². The zero-order valence-corrected chi connectivity index (χ0v) is 9.76. The standard InChI is InChI=1S/C10H12N4O5/c15-3-6-5(16)1-7(19-6)14-2-4(8-12-13-8)9(17)11-10(14)18/h2,5-8,15-16H,1,3H2,(H,11,17,18)/t5-,6+,7+/m0/s1. The molecule has 3 heterocycles. The van der Waals surface area contributed by atoms with Crippen molar-refractivity contribution in [2.24, 2.45) is 10.2 Å². The Morgan fingerprint density at radius 2 is 2.21 bits per heavy atom. The van der Waals surface area contributed by atoms with Gasteiger partial charge in [0.15, 0.2) is 0 Å².